The standard InChI is InChI=1S/C16H16ClNO3/c1-20-16(19)8-11-4-2-3-5-12(11)10-21-15-9-13(17)6-7-14(15)18/h2-7,9H,8,10,18H2,1H3. The molecule has 0 aliphatic carbocycles. The van der Waals surface area contributed by atoms with E-state index >= 15 is 0 Å². The monoisotopic (exact) mass is 305 g/mol. The number of carbonyl (C=O) groups is 1. The van der Waals surface area contributed by atoms with Crippen LogP contribution in [0.2, 0.25) is 5.02 Å². The molecule has 0 amide bonds. The topological polar surface area (TPSA) is 61.5 Å². The zero-order valence-electron chi connectivity index (χ0n) is 11.6. The molecule has 21 heavy (non-hydrogen) atoms. The summed E-state index contributed by atoms with van der Waals surface area (Å²) in [6, 6.07) is 12.6. The van der Waals surface area contributed by atoms with Crippen LogP contribution >= 0.6 is 11.6 Å². The third kappa shape index (κ3) is 4.13. The summed E-state index contributed by atoms with van der Waals surface area (Å²) in [5.41, 5.74) is 8.13. The molecule has 2 rings (SSSR count). The summed E-state index contributed by atoms with van der Waals surface area (Å²) >= 11 is 5.92. The second-order valence-electron chi connectivity index (χ2n) is 4.49. The summed E-state index contributed by atoms with van der Waals surface area (Å²) in [7, 11) is 1.37. The highest BCUT2D eigenvalue weighted by Gasteiger charge is 2.09. The Morgan fingerprint density at radius 1 is 1.19 bits per heavy atom. The van der Waals surface area contributed by atoms with Crippen LogP contribution in [0.25, 0.3) is 0 Å². The van der Waals surface area contributed by atoms with Gasteiger partial charge in [0.1, 0.15) is 12.4 Å². The maximum Gasteiger partial charge on any atom is 0.309 e. The molecule has 0 aromatic heterocycles. The van der Waals surface area contributed by atoms with Crippen molar-refractivity contribution in [1.29, 1.82) is 0 Å². The summed E-state index contributed by atoms with van der Waals surface area (Å²) in [6.45, 7) is 0.303. The number of hydrogen-bond donors (Lipinski definition) is 1. The molecule has 0 atom stereocenters. The number of nitrogen functional groups attached to an aromatic ring is 1. The molecule has 0 aliphatic rings. The van der Waals surface area contributed by atoms with Crippen LogP contribution < -0.4 is 10.5 Å². The average molecular weight is 306 g/mol. The first kappa shape index (κ1) is 15.2. The molecular weight excluding hydrogens is 290 g/mol. The predicted molar refractivity (Wildman–Crippen MR) is 82.4 cm³/mol. The molecule has 2 aromatic carbocycles. The molecule has 0 unspecified atom stereocenters. The van der Waals surface area contributed by atoms with E-state index in [1.807, 2.05) is 24.3 Å². The van der Waals surface area contributed by atoms with E-state index in [4.69, 9.17) is 22.1 Å². The Labute approximate surface area is 128 Å². The number of nitrogens with two attached hydrogens (primary N) is 1. The van der Waals surface area contributed by atoms with Gasteiger partial charge < -0.3 is 15.2 Å². The van der Waals surface area contributed by atoms with Gasteiger partial charge >= 0.3 is 5.97 Å². The molecule has 110 valence electrons. The Kier molecular flexibility index (Phi) is 5.06. The lowest BCUT2D eigenvalue weighted by atomic mass is 10.1. The Bertz CT molecular complexity index is 643. The van der Waals surface area contributed by atoms with E-state index in [0.29, 0.717) is 23.1 Å². The van der Waals surface area contributed by atoms with E-state index in [1.54, 1.807) is 18.2 Å². The maximum atomic E-state index is 11.4. The fourth-order valence-corrected chi connectivity index (χ4v) is 2.05. The first-order valence-corrected chi connectivity index (χ1v) is 6.79. The minimum atomic E-state index is -0.287. The van der Waals surface area contributed by atoms with Crippen molar-refractivity contribution in [3.05, 3.63) is 58.6 Å². The van der Waals surface area contributed by atoms with Crippen molar-refractivity contribution in [3.8, 4) is 5.75 Å². The minimum absolute atomic E-state index is 0.209. The van der Waals surface area contributed by atoms with Crippen LogP contribution in [-0.2, 0) is 22.6 Å². The van der Waals surface area contributed by atoms with Crippen molar-refractivity contribution in [3.63, 3.8) is 0 Å². The van der Waals surface area contributed by atoms with Crippen molar-refractivity contribution >= 4 is 23.3 Å². The van der Waals surface area contributed by atoms with Crippen LogP contribution in [0.1, 0.15) is 11.1 Å². The largest absolute Gasteiger partial charge is 0.487 e. The number of anilines is 1. The van der Waals surface area contributed by atoms with Gasteiger partial charge in [0, 0.05) is 11.1 Å². The second-order valence-corrected chi connectivity index (χ2v) is 4.93. The van der Waals surface area contributed by atoms with Gasteiger partial charge in [-0.25, -0.2) is 0 Å². The Morgan fingerprint density at radius 3 is 2.62 bits per heavy atom. The van der Waals surface area contributed by atoms with Gasteiger partial charge in [-0.3, -0.25) is 4.79 Å². The number of methoxy groups -OCH3 is 1. The van der Waals surface area contributed by atoms with Gasteiger partial charge in [-0.1, -0.05) is 35.9 Å². The van der Waals surface area contributed by atoms with Crippen LogP contribution in [0, 0.1) is 0 Å². The van der Waals surface area contributed by atoms with E-state index in [0.717, 1.165) is 11.1 Å². The molecule has 0 fully saturated rings. The van der Waals surface area contributed by atoms with Gasteiger partial charge in [-0.2, -0.15) is 0 Å². The lowest BCUT2D eigenvalue weighted by Gasteiger charge is -2.12. The highest BCUT2D eigenvalue weighted by molar-refractivity contribution is 6.30. The normalized spacial score (nSPS) is 10.2. The number of hydrogen-bond acceptors (Lipinski definition) is 4. The molecule has 0 saturated carbocycles. The van der Waals surface area contributed by atoms with Gasteiger partial charge in [0.25, 0.3) is 0 Å². The third-order valence-electron chi connectivity index (χ3n) is 3.04. The van der Waals surface area contributed by atoms with Gasteiger partial charge in [0.15, 0.2) is 0 Å². The highest BCUT2D eigenvalue weighted by Crippen LogP contribution is 2.26. The fourth-order valence-electron chi connectivity index (χ4n) is 1.89. The van der Waals surface area contributed by atoms with Gasteiger partial charge in [-0.05, 0) is 23.3 Å². The zero-order chi connectivity index (χ0) is 15.2. The highest BCUT2D eigenvalue weighted by atomic mass is 35.5. The number of ether oxygens (including phenoxy) is 2. The van der Waals surface area contributed by atoms with Crippen molar-refractivity contribution in [2.24, 2.45) is 0 Å². The fraction of sp³-hybridized carbons (Fsp3) is 0.188. The first-order chi connectivity index (χ1) is 10.1. The maximum absolute atomic E-state index is 11.4. The van der Waals surface area contributed by atoms with Crippen LogP contribution in [0.5, 0.6) is 5.75 Å². The average Bonchev–Trinajstić information content (AvgIpc) is 2.49. The summed E-state index contributed by atoms with van der Waals surface area (Å²) in [5.74, 6) is 0.236. The first-order valence-electron chi connectivity index (χ1n) is 6.41. The smallest absolute Gasteiger partial charge is 0.309 e. The van der Waals surface area contributed by atoms with Gasteiger partial charge in [0.2, 0.25) is 0 Å². The van der Waals surface area contributed by atoms with Crippen molar-refractivity contribution in [1.82, 2.24) is 0 Å². The van der Waals surface area contributed by atoms with Crippen LogP contribution in [0.15, 0.2) is 42.5 Å². The Balaban J connectivity index is 2.13. The van der Waals surface area contributed by atoms with E-state index < -0.39 is 0 Å². The van der Waals surface area contributed by atoms with Crippen molar-refractivity contribution < 1.29 is 14.3 Å². The molecule has 2 N–H and O–H groups in total. The summed E-state index contributed by atoms with van der Waals surface area (Å²) < 4.78 is 10.4. The van der Waals surface area contributed by atoms with Gasteiger partial charge in [-0.15, -0.1) is 0 Å². The van der Waals surface area contributed by atoms with E-state index in [2.05, 4.69) is 4.74 Å². The lowest BCUT2D eigenvalue weighted by Crippen LogP contribution is -2.08. The molecular formula is C16H16ClNO3. The Morgan fingerprint density at radius 2 is 1.90 bits per heavy atom. The summed E-state index contributed by atoms with van der Waals surface area (Å²) in [4.78, 5) is 11.4. The summed E-state index contributed by atoms with van der Waals surface area (Å²) in [6.07, 6.45) is 0.209. The van der Waals surface area contributed by atoms with Crippen LogP contribution in [0.3, 0.4) is 0 Å². The van der Waals surface area contributed by atoms with Gasteiger partial charge in [0.05, 0.1) is 19.2 Å². The summed E-state index contributed by atoms with van der Waals surface area (Å²) in [5, 5.41) is 0.557. The van der Waals surface area contributed by atoms with Crippen molar-refractivity contribution in [2.75, 3.05) is 12.8 Å². The number of carbonyl (C=O) groups excluding carboxylic acids is 1. The second kappa shape index (κ2) is 6.99. The SMILES string of the molecule is COC(=O)Cc1ccccc1COc1cc(Cl)ccc1N. The molecule has 0 radical (unpaired) electrons. The molecule has 4 nitrogen and oxygen atoms in total. The quantitative estimate of drug-likeness (QED) is 0.680. The molecule has 0 aliphatic heterocycles. The number of benzene rings is 2. The number of rotatable bonds is 5. The molecule has 0 saturated heterocycles. The van der Waals surface area contributed by atoms with E-state index in [-0.39, 0.29) is 12.4 Å². The van der Waals surface area contributed by atoms with E-state index in [9.17, 15) is 4.79 Å². The Hall–Kier alpha value is -2.20. The molecule has 0 heterocycles. The van der Waals surface area contributed by atoms with Crippen LogP contribution in [0.4, 0.5) is 5.69 Å². The van der Waals surface area contributed by atoms with Crippen molar-refractivity contribution in [2.45, 2.75) is 13.0 Å². The van der Waals surface area contributed by atoms with Crippen LogP contribution in [-0.4, -0.2) is 13.1 Å². The third-order valence-corrected chi connectivity index (χ3v) is 3.27. The predicted octanol–water partition coefficient (Wildman–Crippen LogP) is 3.22. The van der Waals surface area contributed by atoms with E-state index in [1.165, 1.54) is 7.11 Å². The number of esters is 1. The zero-order valence-corrected chi connectivity index (χ0v) is 12.4. The number of halogens is 1. The molecule has 2 aromatic rings. The molecule has 5 heteroatoms. The minimum Gasteiger partial charge on any atom is -0.487 e. The molecule has 0 bridgehead atoms. The lowest BCUT2D eigenvalue weighted by molar-refractivity contribution is -0.139. The molecule has 0 spiro atoms.